The van der Waals surface area contributed by atoms with Crippen molar-refractivity contribution < 1.29 is 32.7 Å². The molecule has 0 amide bonds. The number of aromatic nitrogens is 5. The van der Waals surface area contributed by atoms with Crippen LogP contribution in [0.25, 0.3) is 17.2 Å². The largest absolute Gasteiger partial charge is 0.504 e. The Hall–Kier alpha value is -5.53. The summed E-state index contributed by atoms with van der Waals surface area (Å²) < 4.78 is 50.6. The van der Waals surface area contributed by atoms with Gasteiger partial charge in [0.25, 0.3) is 0 Å². The van der Waals surface area contributed by atoms with Crippen LogP contribution in [0.1, 0.15) is 16.7 Å². The second-order valence-corrected chi connectivity index (χ2v) is 8.60. The second-order valence-electron chi connectivity index (χ2n) is 8.60. The quantitative estimate of drug-likeness (QED) is 0.181. The predicted molar refractivity (Wildman–Crippen MR) is 137 cm³/mol. The number of benzene rings is 3. The molecule has 0 aliphatic carbocycles. The zero-order chi connectivity index (χ0) is 29.0. The highest BCUT2D eigenvalue weighted by molar-refractivity contribution is 5.69. The van der Waals surface area contributed by atoms with Gasteiger partial charge in [0.15, 0.2) is 11.5 Å². The summed E-state index contributed by atoms with van der Waals surface area (Å²) in [6.07, 6.45) is -4.21. The topological polar surface area (TPSA) is 138 Å². The fourth-order valence-corrected chi connectivity index (χ4v) is 3.74. The van der Waals surface area contributed by atoms with Crippen LogP contribution in [0.2, 0.25) is 0 Å². The number of hydrogen-bond acceptors (Lipinski definition) is 9. The molecule has 0 bridgehead atoms. The number of ether oxygens (including phenoxy) is 2. The molecule has 0 unspecified atom stereocenters. The molecule has 0 fully saturated rings. The number of nitro benzene ring substituents is 1. The molecule has 5 rings (SSSR count). The van der Waals surface area contributed by atoms with E-state index in [1.807, 2.05) is 36.4 Å². The first kappa shape index (κ1) is 27.1. The van der Waals surface area contributed by atoms with E-state index in [-0.39, 0.29) is 36.1 Å². The van der Waals surface area contributed by atoms with E-state index in [9.17, 15) is 28.4 Å². The van der Waals surface area contributed by atoms with Crippen LogP contribution in [-0.2, 0) is 19.4 Å². The molecular formula is C27H19F3N6O5. The molecule has 0 aliphatic heterocycles. The highest BCUT2D eigenvalue weighted by Crippen LogP contribution is 2.42. The molecule has 0 radical (unpaired) electrons. The predicted octanol–water partition coefficient (Wildman–Crippen LogP) is 5.51. The van der Waals surface area contributed by atoms with Gasteiger partial charge in [-0.15, -0.1) is 15.0 Å². The highest BCUT2D eigenvalue weighted by Gasteiger charge is 2.32. The van der Waals surface area contributed by atoms with Crippen molar-refractivity contribution in [2.75, 3.05) is 0 Å². The fraction of sp³-hybridized carbons (Fsp3) is 0.111. The summed E-state index contributed by atoms with van der Waals surface area (Å²) in [6, 6.07) is 21.2. The first-order valence-electron chi connectivity index (χ1n) is 11.9. The summed E-state index contributed by atoms with van der Waals surface area (Å²) >= 11 is 0. The van der Waals surface area contributed by atoms with Gasteiger partial charge < -0.3 is 14.6 Å². The normalized spacial score (nSPS) is 11.3. The van der Waals surface area contributed by atoms with Gasteiger partial charge in [0.2, 0.25) is 17.4 Å². The van der Waals surface area contributed by atoms with E-state index in [2.05, 4.69) is 20.4 Å². The Kier molecular flexibility index (Phi) is 7.45. The molecule has 0 spiro atoms. The van der Waals surface area contributed by atoms with Crippen molar-refractivity contribution in [2.45, 2.75) is 19.4 Å². The molecule has 2 heterocycles. The lowest BCUT2D eigenvalue weighted by Crippen LogP contribution is -2.08. The average Bonchev–Trinajstić information content (AvgIpc) is 3.45. The number of tetrazole rings is 1. The third kappa shape index (κ3) is 6.21. The SMILES string of the molecule is O=[N+]([O-])c1cc(-c2nnn(-c3ncc(C(F)(F)F)cc3O)n2)cc(OCc2ccccc2)c1OCc1ccccc1. The lowest BCUT2D eigenvalue weighted by molar-refractivity contribution is -0.386. The van der Waals surface area contributed by atoms with Crippen LogP contribution in [0.5, 0.6) is 17.2 Å². The Bertz CT molecular complexity index is 1680. The number of halogens is 3. The van der Waals surface area contributed by atoms with E-state index < -0.39 is 33.9 Å². The molecule has 3 aromatic carbocycles. The maximum absolute atomic E-state index is 12.9. The number of rotatable bonds is 9. The van der Waals surface area contributed by atoms with E-state index in [1.54, 1.807) is 24.3 Å². The fourth-order valence-electron chi connectivity index (χ4n) is 3.74. The maximum Gasteiger partial charge on any atom is 0.418 e. The summed E-state index contributed by atoms with van der Waals surface area (Å²) in [4.78, 5) is 15.8. The summed E-state index contributed by atoms with van der Waals surface area (Å²) in [5.41, 5.74) is 0.0645. The molecule has 1 N–H and O–H groups in total. The molecule has 0 saturated heterocycles. The van der Waals surface area contributed by atoms with E-state index in [0.29, 0.717) is 17.1 Å². The lowest BCUT2D eigenvalue weighted by Gasteiger charge is -2.14. The molecule has 5 aromatic rings. The van der Waals surface area contributed by atoms with E-state index >= 15 is 0 Å². The summed E-state index contributed by atoms with van der Waals surface area (Å²) in [5.74, 6) is -1.50. The van der Waals surface area contributed by atoms with Crippen molar-refractivity contribution in [1.29, 1.82) is 0 Å². The Labute approximate surface area is 229 Å². The average molecular weight is 564 g/mol. The maximum atomic E-state index is 12.9. The van der Waals surface area contributed by atoms with Gasteiger partial charge in [0.1, 0.15) is 13.2 Å². The molecule has 0 aliphatic rings. The van der Waals surface area contributed by atoms with Crippen LogP contribution in [0.4, 0.5) is 18.9 Å². The Morgan fingerprint density at radius 3 is 2.15 bits per heavy atom. The third-order valence-corrected chi connectivity index (χ3v) is 5.73. The minimum absolute atomic E-state index is 0.0238. The smallest absolute Gasteiger partial charge is 0.418 e. The van der Waals surface area contributed by atoms with Crippen molar-refractivity contribution in [3.8, 4) is 34.5 Å². The van der Waals surface area contributed by atoms with E-state index in [0.717, 1.165) is 17.2 Å². The molecule has 0 atom stereocenters. The number of pyridine rings is 1. The minimum atomic E-state index is -4.72. The molecule has 2 aromatic heterocycles. The van der Waals surface area contributed by atoms with Crippen molar-refractivity contribution in [3.63, 3.8) is 0 Å². The van der Waals surface area contributed by atoms with Crippen LogP contribution >= 0.6 is 0 Å². The summed E-state index contributed by atoms with van der Waals surface area (Å²) in [7, 11) is 0. The van der Waals surface area contributed by atoms with Gasteiger partial charge >= 0.3 is 11.9 Å². The Morgan fingerprint density at radius 2 is 1.56 bits per heavy atom. The second kappa shape index (κ2) is 11.3. The van der Waals surface area contributed by atoms with Gasteiger partial charge in [-0.3, -0.25) is 10.1 Å². The number of alkyl halides is 3. The first-order valence-corrected chi connectivity index (χ1v) is 11.9. The standard InChI is InChI=1S/C27H19F3N6O5/c28-27(29,30)20-13-22(37)26(31-14-20)35-33-25(32-34-35)19-11-21(36(38)39)24(41-16-18-9-5-2-6-10-18)23(12-19)40-15-17-7-3-1-4-8-17/h1-14,37H,15-16H2. The third-order valence-electron chi connectivity index (χ3n) is 5.73. The van der Waals surface area contributed by atoms with Crippen LogP contribution in [0, 0.1) is 10.1 Å². The Morgan fingerprint density at radius 1 is 0.927 bits per heavy atom. The monoisotopic (exact) mass is 564 g/mol. The van der Waals surface area contributed by atoms with Gasteiger partial charge in [-0.25, -0.2) is 4.98 Å². The first-order chi connectivity index (χ1) is 19.7. The van der Waals surface area contributed by atoms with Gasteiger partial charge in [0.05, 0.1) is 10.5 Å². The molecular weight excluding hydrogens is 545 g/mol. The zero-order valence-electron chi connectivity index (χ0n) is 20.9. The van der Waals surface area contributed by atoms with Crippen LogP contribution in [0.15, 0.2) is 85.1 Å². The van der Waals surface area contributed by atoms with Crippen molar-refractivity contribution in [3.05, 3.63) is 112 Å². The van der Waals surface area contributed by atoms with E-state index in [4.69, 9.17) is 9.47 Å². The van der Waals surface area contributed by atoms with Gasteiger partial charge in [0, 0.05) is 17.8 Å². The van der Waals surface area contributed by atoms with Crippen LogP contribution in [0.3, 0.4) is 0 Å². The molecule has 11 nitrogen and oxygen atoms in total. The minimum Gasteiger partial charge on any atom is -0.504 e. The van der Waals surface area contributed by atoms with Crippen molar-refractivity contribution in [2.24, 2.45) is 0 Å². The number of hydrogen-bond donors (Lipinski definition) is 1. The number of aromatic hydroxyl groups is 1. The molecule has 208 valence electrons. The van der Waals surface area contributed by atoms with Crippen LogP contribution < -0.4 is 9.47 Å². The number of nitrogens with zero attached hydrogens (tertiary/aromatic N) is 6. The molecule has 0 saturated carbocycles. The summed E-state index contributed by atoms with van der Waals surface area (Å²) in [6.45, 7) is 0.0859. The lowest BCUT2D eigenvalue weighted by atomic mass is 10.1. The van der Waals surface area contributed by atoms with Crippen molar-refractivity contribution in [1.82, 2.24) is 25.2 Å². The molecule has 41 heavy (non-hydrogen) atoms. The zero-order valence-corrected chi connectivity index (χ0v) is 20.9. The summed E-state index contributed by atoms with van der Waals surface area (Å²) in [5, 5.41) is 33.8. The van der Waals surface area contributed by atoms with Gasteiger partial charge in [-0.1, -0.05) is 60.7 Å². The number of nitro groups is 1. The van der Waals surface area contributed by atoms with Gasteiger partial charge in [-0.2, -0.15) is 13.2 Å². The highest BCUT2D eigenvalue weighted by atomic mass is 19.4. The van der Waals surface area contributed by atoms with Crippen LogP contribution in [-0.4, -0.2) is 35.2 Å². The molecule has 14 heteroatoms. The van der Waals surface area contributed by atoms with E-state index in [1.165, 1.54) is 6.07 Å². The Balaban J connectivity index is 1.52. The van der Waals surface area contributed by atoms with Crippen molar-refractivity contribution >= 4 is 5.69 Å². The van der Waals surface area contributed by atoms with Gasteiger partial charge in [-0.05, 0) is 28.5 Å².